The number of aromatic nitrogens is 3. The van der Waals surface area contributed by atoms with E-state index in [-0.39, 0.29) is 18.0 Å². The van der Waals surface area contributed by atoms with Gasteiger partial charge in [-0.3, -0.25) is 4.79 Å². The number of carbonyl (C=O) groups excluding carboxylic acids is 1. The summed E-state index contributed by atoms with van der Waals surface area (Å²) in [4.78, 5) is 14.6. The third-order valence-corrected chi connectivity index (χ3v) is 5.55. The average molecular weight is 373 g/mol. The lowest BCUT2D eigenvalue weighted by Gasteiger charge is -2.30. The summed E-state index contributed by atoms with van der Waals surface area (Å²) in [7, 11) is 0. The van der Waals surface area contributed by atoms with Crippen LogP contribution in [0.2, 0.25) is 0 Å². The summed E-state index contributed by atoms with van der Waals surface area (Å²) in [5.41, 5.74) is 1.23. The van der Waals surface area contributed by atoms with Gasteiger partial charge in [-0.2, -0.15) is 0 Å². The molecule has 3 rings (SSSR count). The van der Waals surface area contributed by atoms with E-state index in [9.17, 15) is 4.79 Å². The standard InChI is InChI=1S/C20H28N4OS/c1-14(2)24(15(3)4)18(25)13-26-20-22-21-19(17-10-11-17)23(20)12-16-8-6-5-7-9-16/h5-9,14-15,17H,10-13H2,1-4H3. The van der Waals surface area contributed by atoms with Crippen LogP contribution in [0.25, 0.3) is 0 Å². The summed E-state index contributed by atoms with van der Waals surface area (Å²) in [5.74, 6) is 2.14. The normalized spacial score (nSPS) is 14.2. The number of amides is 1. The van der Waals surface area contributed by atoms with Crippen molar-refractivity contribution in [3.8, 4) is 0 Å². The minimum Gasteiger partial charge on any atom is -0.337 e. The van der Waals surface area contributed by atoms with Gasteiger partial charge in [0.2, 0.25) is 5.91 Å². The number of hydrogen-bond acceptors (Lipinski definition) is 4. The number of thioether (sulfide) groups is 1. The van der Waals surface area contributed by atoms with Crippen LogP contribution in [0, 0.1) is 0 Å². The van der Waals surface area contributed by atoms with E-state index in [1.807, 2.05) is 11.0 Å². The summed E-state index contributed by atoms with van der Waals surface area (Å²) >= 11 is 1.50. The van der Waals surface area contributed by atoms with Crippen molar-refractivity contribution >= 4 is 17.7 Å². The largest absolute Gasteiger partial charge is 0.337 e. The minimum absolute atomic E-state index is 0.155. The molecule has 0 atom stereocenters. The Balaban J connectivity index is 1.74. The number of hydrogen-bond donors (Lipinski definition) is 0. The summed E-state index contributed by atoms with van der Waals surface area (Å²) < 4.78 is 2.19. The van der Waals surface area contributed by atoms with E-state index in [1.165, 1.54) is 30.2 Å². The summed E-state index contributed by atoms with van der Waals surface area (Å²) in [5, 5.41) is 9.68. The van der Waals surface area contributed by atoms with Gasteiger partial charge in [-0.25, -0.2) is 0 Å². The molecular weight excluding hydrogens is 344 g/mol. The third-order valence-electron chi connectivity index (χ3n) is 4.60. The monoisotopic (exact) mass is 372 g/mol. The van der Waals surface area contributed by atoms with Crippen LogP contribution in [0.3, 0.4) is 0 Å². The maximum Gasteiger partial charge on any atom is 0.233 e. The maximum absolute atomic E-state index is 12.7. The Morgan fingerprint density at radius 3 is 2.38 bits per heavy atom. The molecule has 0 saturated heterocycles. The van der Waals surface area contributed by atoms with Crippen molar-refractivity contribution in [2.24, 2.45) is 0 Å². The predicted molar refractivity (Wildman–Crippen MR) is 105 cm³/mol. The number of nitrogens with zero attached hydrogens (tertiary/aromatic N) is 4. The van der Waals surface area contributed by atoms with E-state index in [2.05, 4.69) is 66.7 Å². The molecule has 1 aromatic heterocycles. The summed E-state index contributed by atoms with van der Waals surface area (Å²) in [6, 6.07) is 10.8. The minimum atomic E-state index is 0.155. The Labute approximate surface area is 160 Å². The summed E-state index contributed by atoms with van der Waals surface area (Å²) in [6.45, 7) is 9.00. The van der Waals surface area contributed by atoms with Crippen molar-refractivity contribution in [3.63, 3.8) is 0 Å². The molecule has 1 aromatic carbocycles. The Kier molecular flexibility index (Phi) is 6.01. The Morgan fingerprint density at radius 2 is 1.81 bits per heavy atom. The van der Waals surface area contributed by atoms with Crippen molar-refractivity contribution in [3.05, 3.63) is 41.7 Å². The lowest BCUT2D eigenvalue weighted by atomic mass is 10.2. The van der Waals surface area contributed by atoms with Gasteiger partial charge in [0.15, 0.2) is 5.16 Å². The molecular formula is C20H28N4OS. The van der Waals surface area contributed by atoms with E-state index in [1.54, 1.807) is 0 Å². The maximum atomic E-state index is 12.7. The highest BCUT2D eigenvalue weighted by Crippen LogP contribution is 2.40. The highest BCUT2D eigenvalue weighted by Gasteiger charge is 2.31. The lowest BCUT2D eigenvalue weighted by molar-refractivity contribution is -0.131. The van der Waals surface area contributed by atoms with Crippen molar-refractivity contribution in [2.45, 2.75) is 70.2 Å². The molecule has 0 bridgehead atoms. The van der Waals surface area contributed by atoms with Crippen molar-refractivity contribution in [1.29, 1.82) is 0 Å². The molecule has 0 aliphatic heterocycles. The fourth-order valence-corrected chi connectivity index (χ4v) is 4.15. The molecule has 1 fully saturated rings. The fraction of sp³-hybridized carbons (Fsp3) is 0.550. The van der Waals surface area contributed by atoms with Gasteiger partial charge in [-0.1, -0.05) is 42.1 Å². The van der Waals surface area contributed by atoms with Gasteiger partial charge in [0.25, 0.3) is 0 Å². The first-order valence-corrected chi connectivity index (χ1v) is 10.4. The second-order valence-corrected chi connectivity index (χ2v) is 8.41. The molecule has 0 N–H and O–H groups in total. The van der Waals surface area contributed by atoms with Crippen molar-refractivity contribution in [2.75, 3.05) is 5.75 Å². The van der Waals surface area contributed by atoms with Gasteiger partial charge in [-0.15, -0.1) is 10.2 Å². The molecule has 6 heteroatoms. The van der Waals surface area contributed by atoms with Crippen molar-refractivity contribution in [1.82, 2.24) is 19.7 Å². The van der Waals surface area contributed by atoms with Gasteiger partial charge in [0, 0.05) is 18.0 Å². The molecule has 1 saturated carbocycles. The average Bonchev–Trinajstić information content (AvgIpc) is 3.36. The van der Waals surface area contributed by atoms with Crippen molar-refractivity contribution < 1.29 is 4.79 Å². The third kappa shape index (κ3) is 4.47. The van der Waals surface area contributed by atoms with Crippen LogP contribution in [-0.4, -0.2) is 43.4 Å². The van der Waals surface area contributed by atoms with Crippen LogP contribution >= 0.6 is 11.8 Å². The zero-order valence-electron chi connectivity index (χ0n) is 16.1. The SMILES string of the molecule is CC(C)N(C(=O)CSc1nnc(C2CC2)n1Cc1ccccc1)C(C)C. The zero-order chi connectivity index (χ0) is 18.7. The van der Waals surface area contributed by atoms with Gasteiger partial charge in [0.1, 0.15) is 5.82 Å². The van der Waals surface area contributed by atoms with E-state index < -0.39 is 0 Å². The first kappa shape index (κ1) is 19.0. The fourth-order valence-electron chi connectivity index (χ4n) is 3.34. The molecule has 5 nitrogen and oxygen atoms in total. The topological polar surface area (TPSA) is 51.0 Å². The second kappa shape index (κ2) is 8.25. The molecule has 1 aliphatic rings. The Hall–Kier alpha value is -1.82. The highest BCUT2D eigenvalue weighted by molar-refractivity contribution is 7.99. The Morgan fingerprint density at radius 1 is 1.15 bits per heavy atom. The lowest BCUT2D eigenvalue weighted by Crippen LogP contribution is -2.43. The molecule has 2 aromatic rings. The van der Waals surface area contributed by atoms with Crippen LogP contribution in [0.15, 0.2) is 35.5 Å². The molecule has 1 aliphatic carbocycles. The zero-order valence-corrected chi connectivity index (χ0v) is 16.9. The molecule has 0 spiro atoms. The molecule has 1 amide bonds. The van der Waals surface area contributed by atoms with Gasteiger partial charge in [-0.05, 0) is 46.1 Å². The van der Waals surface area contributed by atoms with Gasteiger partial charge in [0.05, 0.1) is 12.3 Å². The predicted octanol–water partition coefficient (Wildman–Crippen LogP) is 3.94. The Bertz CT molecular complexity index is 730. The van der Waals surface area contributed by atoms with E-state index in [0.29, 0.717) is 11.7 Å². The van der Waals surface area contributed by atoms with Crippen LogP contribution in [0.1, 0.15) is 57.8 Å². The molecule has 1 heterocycles. The molecule has 26 heavy (non-hydrogen) atoms. The van der Waals surface area contributed by atoms with Crippen LogP contribution in [0.5, 0.6) is 0 Å². The van der Waals surface area contributed by atoms with E-state index in [0.717, 1.165) is 17.5 Å². The molecule has 0 unspecified atom stereocenters. The summed E-state index contributed by atoms with van der Waals surface area (Å²) in [6.07, 6.45) is 2.37. The highest BCUT2D eigenvalue weighted by atomic mass is 32.2. The molecule has 140 valence electrons. The van der Waals surface area contributed by atoms with Gasteiger partial charge < -0.3 is 9.47 Å². The van der Waals surface area contributed by atoms with Crippen LogP contribution in [0.4, 0.5) is 0 Å². The number of rotatable bonds is 8. The number of benzene rings is 1. The first-order chi connectivity index (χ1) is 12.5. The van der Waals surface area contributed by atoms with Gasteiger partial charge >= 0.3 is 0 Å². The van der Waals surface area contributed by atoms with Crippen LogP contribution < -0.4 is 0 Å². The smallest absolute Gasteiger partial charge is 0.233 e. The van der Waals surface area contributed by atoms with E-state index >= 15 is 0 Å². The van der Waals surface area contributed by atoms with Crippen LogP contribution in [-0.2, 0) is 11.3 Å². The quantitative estimate of drug-likeness (QED) is 0.659. The number of carbonyl (C=O) groups is 1. The van der Waals surface area contributed by atoms with E-state index in [4.69, 9.17) is 0 Å². The second-order valence-electron chi connectivity index (χ2n) is 7.46. The first-order valence-electron chi connectivity index (χ1n) is 9.38. The molecule has 0 radical (unpaired) electrons.